The molecule has 16 heavy (non-hydrogen) atoms. The summed E-state index contributed by atoms with van der Waals surface area (Å²) < 4.78 is 28.7. The van der Waals surface area contributed by atoms with Crippen molar-refractivity contribution in [3.8, 4) is 6.07 Å². The van der Waals surface area contributed by atoms with E-state index in [2.05, 4.69) is 6.07 Å². The Morgan fingerprint density at radius 3 is 2.69 bits per heavy atom. The Morgan fingerprint density at radius 1 is 1.50 bits per heavy atom. The third-order valence-electron chi connectivity index (χ3n) is 3.29. The van der Waals surface area contributed by atoms with Crippen LogP contribution in [0, 0.1) is 16.7 Å². The monoisotopic (exact) mass is 245 g/mol. The van der Waals surface area contributed by atoms with Crippen molar-refractivity contribution in [2.24, 2.45) is 5.41 Å². The van der Waals surface area contributed by atoms with Gasteiger partial charge in [0.15, 0.2) is 9.84 Å². The van der Waals surface area contributed by atoms with Gasteiger partial charge in [-0.05, 0) is 26.2 Å². The molecule has 2 unspecified atom stereocenters. The van der Waals surface area contributed by atoms with Crippen LogP contribution in [0.3, 0.4) is 0 Å². The van der Waals surface area contributed by atoms with Gasteiger partial charge in [-0.25, -0.2) is 8.42 Å². The van der Waals surface area contributed by atoms with Gasteiger partial charge in [0.1, 0.15) is 0 Å². The first-order valence-corrected chi connectivity index (χ1v) is 7.42. The van der Waals surface area contributed by atoms with E-state index in [4.69, 9.17) is 4.74 Å². The smallest absolute Gasteiger partial charge is 0.152 e. The summed E-state index contributed by atoms with van der Waals surface area (Å²) in [5, 5.41) is 8.83. The van der Waals surface area contributed by atoms with Gasteiger partial charge < -0.3 is 4.74 Å². The summed E-state index contributed by atoms with van der Waals surface area (Å²) in [6.45, 7) is 4.45. The quantitative estimate of drug-likeness (QED) is 0.736. The van der Waals surface area contributed by atoms with Crippen LogP contribution in [-0.2, 0) is 14.6 Å². The Balaban J connectivity index is 2.73. The predicted molar refractivity (Wildman–Crippen MR) is 61.6 cm³/mol. The van der Waals surface area contributed by atoms with Gasteiger partial charge in [0, 0.05) is 12.4 Å². The summed E-state index contributed by atoms with van der Waals surface area (Å²) in [6, 6.07) is 2.25. The van der Waals surface area contributed by atoms with Gasteiger partial charge in [-0.15, -0.1) is 0 Å². The fourth-order valence-corrected chi connectivity index (χ4v) is 3.70. The number of ether oxygens (including phenoxy) is 1. The highest BCUT2D eigenvalue weighted by Crippen LogP contribution is 2.41. The molecule has 0 aliphatic heterocycles. The first kappa shape index (κ1) is 13.5. The van der Waals surface area contributed by atoms with Crippen molar-refractivity contribution in [3.63, 3.8) is 0 Å². The summed E-state index contributed by atoms with van der Waals surface area (Å²) in [5.41, 5.74) is -0.580. The van der Waals surface area contributed by atoms with E-state index in [-0.39, 0.29) is 11.0 Å². The highest BCUT2D eigenvalue weighted by molar-refractivity contribution is 7.92. The molecular formula is C11H19NO3S. The average Bonchev–Trinajstić information content (AvgIpc) is 2.72. The summed E-state index contributed by atoms with van der Waals surface area (Å²) >= 11 is 0. The molecule has 1 saturated carbocycles. The molecular weight excluding hydrogens is 226 g/mol. The molecule has 0 aromatic heterocycles. The second-order valence-electron chi connectivity index (χ2n) is 4.35. The van der Waals surface area contributed by atoms with Crippen molar-refractivity contribution in [3.05, 3.63) is 0 Å². The van der Waals surface area contributed by atoms with Gasteiger partial charge in [0.05, 0.1) is 23.3 Å². The lowest BCUT2D eigenvalue weighted by atomic mass is 9.89. The molecule has 92 valence electrons. The van der Waals surface area contributed by atoms with Crippen molar-refractivity contribution in [1.82, 2.24) is 0 Å². The lowest BCUT2D eigenvalue weighted by molar-refractivity contribution is 0.0835. The fraction of sp³-hybridized carbons (Fsp3) is 0.909. The molecule has 0 radical (unpaired) electrons. The van der Waals surface area contributed by atoms with Crippen LogP contribution in [-0.4, -0.2) is 32.6 Å². The van der Waals surface area contributed by atoms with Crippen molar-refractivity contribution in [2.45, 2.75) is 38.4 Å². The number of hydrogen-bond donors (Lipinski definition) is 0. The van der Waals surface area contributed by atoms with Crippen molar-refractivity contribution in [2.75, 3.05) is 19.0 Å². The van der Waals surface area contributed by atoms with Crippen molar-refractivity contribution < 1.29 is 13.2 Å². The maximum atomic E-state index is 11.7. The zero-order chi connectivity index (χ0) is 12.2. The molecule has 0 aromatic rings. The molecule has 0 heterocycles. The lowest BCUT2D eigenvalue weighted by Gasteiger charge is -2.20. The first-order chi connectivity index (χ1) is 7.49. The average molecular weight is 245 g/mol. The number of sulfone groups is 1. The van der Waals surface area contributed by atoms with Crippen molar-refractivity contribution in [1.29, 1.82) is 5.26 Å². The number of hydrogen-bond acceptors (Lipinski definition) is 4. The Labute approximate surface area is 97.5 Å². The SMILES string of the molecule is CCOCC1(C#N)CCC(S(=O)(=O)CC)C1. The Bertz CT molecular complexity index is 371. The standard InChI is InChI=1S/C11H19NO3S/c1-3-15-9-11(8-12)6-5-10(7-11)16(13,14)4-2/h10H,3-7,9H2,1-2H3. The normalized spacial score (nSPS) is 30.2. The van der Waals surface area contributed by atoms with E-state index in [9.17, 15) is 13.7 Å². The van der Waals surface area contributed by atoms with E-state index in [0.29, 0.717) is 32.5 Å². The highest BCUT2D eigenvalue weighted by atomic mass is 32.2. The fourth-order valence-electron chi connectivity index (χ4n) is 2.18. The second kappa shape index (κ2) is 5.15. The molecule has 5 heteroatoms. The molecule has 0 amide bonds. The number of nitrogens with zero attached hydrogens (tertiary/aromatic N) is 1. The van der Waals surface area contributed by atoms with E-state index >= 15 is 0 Å². The minimum atomic E-state index is -3.01. The van der Waals surface area contributed by atoms with Gasteiger partial charge in [-0.2, -0.15) is 5.26 Å². The highest BCUT2D eigenvalue weighted by Gasteiger charge is 2.44. The van der Waals surface area contributed by atoms with E-state index < -0.39 is 15.3 Å². The molecule has 1 fully saturated rings. The minimum absolute atomic E-state index is 0.161. The van der Waals surface area contributed by atoms with Crippen LogP contribution in [0.5, 0.6) is 0 Å². The van der Waals surface area contributed by atoms with Gasteiger partial charge in [-0.3, -0.25) is 0 Å². The minimum Gasteiger partial charge on any atom is -0.380 e. The number of nitriles is 1. The molecule has 1 rings (SSSR count). The Hall–Kier alpha value is -0.600. The second-order valence-corrected chi connectivity index (χ2v) is 6.92. The Kier molecular flexibility index (Phi) is 4.34. The topological polar surface area (TPSA) is 67.2 Å². The predicted octanol–water partition coefficient (Wildman–Crippen LogP) is 1.52. The first-order valence-electron chi connectivity index (χ1n) is 5.70. The maximum Gasteiger partial charge on any atom is 0.152 e. The maximum absolute atomic E-state index is 11.7. The summed E-state index contributed by atoms with van der Waals surface area (Å²) in [7, 11) is -3.01. The van der Waals surface area contributed by atoms with Gasteiger partial charge in [0.25, 0.3) is 0 Å². The van der Waals surface area contributed by atoms with Crippen LogP contribution in [0.4, 0.5) is 0 Å². The largest absolute Gasteiger partial charge is 0.380 e. The summed E-state index contributed by atoms with van der Waals surface area (Å²) in [4.78, 5) is 0. The van der Waals surface area contributed by atoms with Gasteiger partial charge >= 0.3 is 0 Å². The van der Waals surface area contributed by atoms with E-state index in [1.807, 2.05) is 6.92 Å². The van der Waals surface area contributed by atoms with Gasteiger partial charge in [-0.1, -0.05) is 6.92 Å². The summed E-state index contributed by atoms with van der Waals surface area (Å²) in [6.07, 6.45) is 1.66. The van der Waals surface area contributed by atoms with Crippen LogP contribution >= 0.6 is 0 Å². The third-order valence-corrected chi connectivity index (χ3v) is 5.52. The lowest BCUT2D eigenvalue weighted by Crippen LogP contribution is -2.26. The van der Waals surface area contributed by atoms with E-state index in [1.165, 1.54) is 0 Å². The van der Waals surface area contributed by atoms with E-state index in [0.717, 1.165) is 0 Å². The van der Waals surface area contributed by atoms with Gasteiger partial charge in [0.2, 0.25) is 0 Å². The molecule has 0 aromatic carbocycles. The molecule has 0 bridgehead atoms. The Morgan fingerprint density at radius 2 is 2.19 bits per heavy atom. The zero-order valence-electron chi connectivity index (χ0n) is 9.90. The van der Waals surface area contributed by atoms with Crippen molar-refractivity contribution >= 4 is 9.84 Å². The van der Waals surface area contributed by atoms with Crippen LogP contribution in [0.15, 0.2) is 0 Å². The molecule has 0 N–H and O–H groups in total. The molecule has 0 spiro atoms. The summed E-state index contributed by atoms with van der Waals surface area (Å²) in [5.74, 6) is 0.161. The third kappa shape index (κ3) is 2.74. The molecule has 1 aliphatic carbocycles. The van der Waals surface area contributed by atoms with E-state index in [1.54, 1.807) is 6.92 Å². The molecule has 2 atom stereocenters. The van der Waals surface area contributed by atoms with Crippen LogP contribution in [0.2, 0.25) is 0 Å². The molecule has 4 nitrogen and oxygen atoms in total. The number of rotatable bonds is 5. The van der Waals surface area contributed by atoms with Crippen LogP contribution in [0.25, 0.3) is 0 Å². The zero-order valence-corrected chi connectivity index (χ0v) is 10.7. The molecule has 1 aliphatic rings. The van der Waals surface area contributed by atoms with Crippen LogP contribution in [0.1, 0.15) is 33.1 Å². The molecule has 0 saturated heterocycles. The van der Waals surface area contributed by atoms with Crippen LogP contribution < -0.4 is 0 Å².